The molecule has 40 heavy (non-hydrogen) atoms. The van der Waals surface area contributed by atoms with Crippen molar-refractivity contribution in [1.29, 1.82) is 0 Å². The van der Waals surface area contributed by atoms with Crippen LogP contribution in [0.1, 0.15) is 65.7 Å². The van der Waals surface area contributed by atoms with Gasteiger partial charge in [0, 0.05) is 40.3 Å². The van der Waals surface area contributed by atoms with Gasteiger partial charge in [-0.25, -0.2) is 13.8 Å². The number of amides is 2. The Labute approximate surface area is 236 Å². The van der Waals surface area contributed by atoms with Gasteiger partial charge in [-0.15, -0.1) is 0 Å². The van der Waals surface area contributed by atoms with Gasteiger partial charge in [0.1, 0.15) is 5.82 Å². The number of rotatable bonds is 8. The first-order chi connectivity index (χ1) is 19.0. The summed E-state index contributed by atoms with van der Waals surface area (Å²) >= 11 is 0. The fraction of sp³-hybridized carbons (Fsp3) is 0.581. The zero-order valence-electron chi connectivity index (χ0n) is 24.1. The predicted molar refractivity (Wildman–Crippen MR) is 152 cm³/mol. The minimum Gasteiger partial charge on any atom is -0.375 e. The van der Waals surface area contributed by atoms with Gasteiger partial charge in [-0.1, -0.05) is 29.8 Å². The molecule has 0 spiro atoms. The zero-order chi connectivity index (χ0) is 29.0. The summed E-state index contributed by atoms with van der Waals surface area (Å²) in [5.41, 5.74) is 0.187. The number of alkyl halides is 2. The molecule has 2 fully saturated rings. The highest BCUT2D eigenvalue weighted by molar-refractivity contribution is 5.95. The monoisotopic (exact) mass is 556 g/mol. The summed E-state index contributed by atoms with van der Waals surface area (Å²) in [7, 11) is 3.47. The molecule has 2 aliphatic heterocycles. The number of nitrogens with zero attached hydrogens (tertiary/aromatic N) is 4. The van der Waals surface area contributed by atoms with Gasteiger partial charge >= 0.3 is 0 Å². The summed E-state index contributed by atoms with van der Waals surface area (Å²) < 4.78 is 26.9. The number of piperidine rings is 2. The third-order valence-electron chi connectivity index (χ3n) is 8.51. The molecule has 2 saturated heterocycles. The molecule has 0 saturated carbocycles. The lowest BCUT2D eigenvalue weighted by atomic mass is 9.82. The lowest BCUT2D eigenvalue weighted by Crippen LogP contribution is -2.50. The van der Waals surface area contributed by atoms with Crippen molar-refractivity contribution in [2.45, 2.75) is 64.4 Å². The van der Waals surface area contributed by atoms with Gasteiger partial charge in [0.15, 0.2) is 5.60 Å². The summed E-state index contributed by atoms with van der Waals surface area (Å²) in [6, 6.07) is 10.5. The number of carbonyl (C=O) groups is 2. The van der Waals surface area contributed by atoms with Gasteiger partial charge in [0.2, 0.25) is 6.43 Å². The Morgan fingerprint density at radius 1 is 1.02 bits per heavy atom. The van der Waals surface area contributed by atoms with Crippen LogP contribution in [0.5, 0.6) is 0 Å². The van der Waals surface area contributed by atoms with Gasteiger partial charge in [0.25, 0.3) is 11.8 Å². The van der Waals surface area contributed by atoms with Crippen molar-refractivity contribution >= 4 is 17.6 Å². The van der Waals surface area contributed by atoms with Crippen LogP contribution >= 0.6 is 0 Å². The fourth-order valence-corrected chi connectivity index (χ4v) is 6.15. The largest absolute Gasteiger partial charge is 0.375 e. The van der Waals surface area contributed by atoms with Crippen molar-refractivity contribution in [3.05, 3.63) is 58.8 Å². The second-order valence-electron chi connectivity index (χ2n) is 11.7. The molecule has 1 aromatic heterocycles. The molecular weight excluding hydrogens is 514 g/mol. The van der Waals surface area contributed by atoms with E-state index in [1.165, 1.54) is 0 Å². The molecule has 3 heterocycles. The van der Waals surface area contributed by atoms with Crippen molar-refractivity contribution in [1.82, 2.24) is 14.8 Å². The number of likely N-dealkylation sites (tertiary alicyclic amines) is 1. The number of carbonyl (C=O) groups excluding carboxylic acids is 2. The molecule has 1 unspecified atom stereocenters. The molecule has 2 aromatic rings. The summed E-state index contributed by atoms with van der Waals surface area (Å²) in [5, 5.41) is 11.2. The molecule has 4 rings (SSSR count). The average molecular weight is 557 g/mol. The fourth-order valence-electron chi connectivity index (χ4n) is 6.15. The highest BCUT2D eigenvalue weighted by atomic mass is 19.3. The number of benzene rings is 1. The normalized spacial score (nSPS) is 18.6. The summed E-state index contributed by atoms with van der Waals surface area (Å²) in [5.74, 6) is 1.30. The van der Waals surface area contributed by atoms with E-state index >= 15 is 0 Å². The summed E-state index contributed by atoms with van der Waals surface area (Å²) in [6.07, 6.45) is 1.11. The maximum atomic E-state index is 13.4. The van der Waals surface area contributed by atoms with Crippen LogP contribution in [0.15, 0.2) is 36.4 Å². The van der Waals surface area contributed by atoms with Gasteiger partial charge in [-0.3, -0.25) is 9.59 Å². The lowest BCUT2D eigenvalue weighted by Gasteiger charge is -2.39. The molecular formula is C31H42F2N4O3. The van der Waals surface area contributed by atoms with E-state index in [2.05, 4.69) is 4.90 Å². The predicted octanol–water partition coefficient (Wildman–Crippen LogP) is 4.79. The topological polar surface area (TPSA) is 77.0 Å². The number of pyridine rings is 1. The second kappa shape index (κ2) is 12.6. The van der Waals surface area contributed by atoms with Crippen molar-refractivity contribution in [3.63, 3.8) is 0 Å². The maximum Gasteiger partial charge on any atom is 0.259 e. The standard InChI is InChI=1S/C31H42F2N4O3/c1-21-6-5-7-25(18-21)31(40,20-27(32)33)30(39)37-16-12-24(13-17-37)19-23-10-14-36(15-11-23)28-9-8-26(22(2)34-28)29(38)35(3)4/h5-9,18,23-24,27,40H,10-17,19-20H2,1-4H3. The Bertz CT molecular complexity index is 1190. The number of hydrogen-bond donors (Lipinski definition) is 1. The number of aromatic nitrogens is 1. The van der Waals surface area contributed by atoms with E-state index in [1.54, 1.807) is 42.1 Å². The molecule has 218 valence electrons. The minimum atomic E-state index is -2.80. The number of aryl methyl sites for hydroxylation is 2. The highest BCUT2D eigenvalue weighted by Crippen LogP contribution is 2.35. The first-order valence-corrected chi connectivity index (χ1v) is 14.3. The van der Waals surface area contributed by atoms with Crippen LogP contribution in [-0.2, 0) is 10.4 Å². The minimum absolute atomic E-state index is 0.0446. The molecule has 0 bridgehead atoms. The molecule has 1 atom stereocenters. The molecule has 1 N–H and O–H groups in total. The number of halogens is 2. The molecule has 2 aliphatic rings. The van der Waals surface area contributed by atoms with Crippen LogP contribution in [0.3, 0.4) is 0 Å². The molecule has 2 amide bonds. The molecule has 9 heteroatoms. The Balaban J connectivity index is 1.29. The van der Waals surface area contributed by atoms with E-state index in [-0.39, 0.29) is 11.5 Å². The Kier molecular flexibility index (Phi) is 9.44. The maximum absolute atomic E-state index is 13.4. The molecule has 7 nitrogen and oxygen atoms in total. The first kappa shape index (κ1) is 29.9. The van der Waals surface area contributed by atoms with Crippen LogP contribution in [0.4, 0.5) is 14.6 Å². The van der Waals surface area contributed by atoms with Crippen molar-refractivity contribution < 1.29 is 23.5 Å². The Hall–Kier alpha value is -3.07. The van der Waals surface area contributed by atoms with Gasteiger partial charge in [0.05, 0.1) is 17.7 Å². The third kappa shape index (κ3) is 6.79. The molecule has 0 aliphatic carbocycles. The highest BCUT2D eigenvalue weighted by Gasteiger charge is 2.44. The van der Waals surface area contributed by atoms with Crippen LogP contribution in [-0.4, -0.2) is 78.4 Å². The first-order valence-electron chi connectivity index (χ1n) is 14.3. The quantitative estimate of drug-likeness (QED) is 0.506. The van der Waals surface area contributed by atoms with Gasteiger partial charge in [-0.05, 0) is 75.5 Å². The Morgan fingerprint density at radius 2 is 1.65 bits per heavy atom. The van der Waals surface area contributed by atoms with Crippen LogP contribution < -0.4 is 4.90 Å². The molecule has 0 radical (unpaired) electrons. The van der Waals surface area contributed by atoms with Crippen molar-refractivity contribution in [2.75, 3.05) is 45.2 Å². The molecule has 1 aromatic carbocycles. The van der Waals surface area contributed by atoms with E-state index in [1.807, 2.05) is 32.0 Å². The average Bonchev–Trinajstić information content (AvgIpc) is 2.92. The van der Waals surface area contributed by atoms with E-state index in [0.29, 0.717) is 30.5 Å². The summed E-state index contributed by atoms with van der Waals surface area (Å²) in [6.45, 7) is 6.45. The van der Waals surface area contributed by atoms with Crippen LogP contribution in [0.2, 0.25) is 0 Å². The summed E-state index contributed by atoms with van der Waals surface area (Å²) in [4.78, 5) is 35.8. The van der Waals surface area contributed by atoms with E-state index in [0.717, 1.165) is 62.3 Å². The van der Waals surface area contributed by atoms with Crippen LogP contribution in [0, 0.1) is 25.7 Å². The Morgan fingerprint density at radius 3 is 2.20 bits per heavy atom. The van der Waals surface area contributed by atoms with Crippen molar-refractivity contribution in [2.24, 2.45) is 11.8 Å². The smallest absolute Gasteiger partial charge is 0.259 e. The van der Waals surface area contributed by atoms with E-state index in [9.17, 15) is 23.5 Å². The number of aliphatic hydroxyl groups is 1. The van der Waals surface area contributed by atoms with Gasteiger partial charge in [-0.2, -0.15) is 0 Å². The second-order valence-corrected chi connectivity index (χ2v) is 11.7. The van der Waals surface area contributed by atoms with Gasteiger partial charge < -0.3 is 19.8 Å². The third-order valence-corrected chi connectivity index (χ3v) is 8.51. The number of anilines is 1. The van der Waals surface area contributed by atoms with E-state index < -0.39 is 24.4 Å². The van der Waals surface area contributed by atoms with Crippen LogP contribution in [0.25, 0.3) is 0 Å². The SMILES string of the molecule is Cc1cccc(C(O)(CC(F)F)C(=O)N2CCC(CC3CCN(c4ccc(C(=O)N(C)C)c(C)n4)CC3)CC2)c1. The van der Waals surface area contributed by atoms with E-state index in [4.69, 9.17) is 4.98 Å². The lowest BCUT2D eigenvalue weighted by molar-refractivity contribution is -0.158. The van der Waals surface area contributed by atoms with Crippen molar-refractivity contribution in [3.8, 4) is 0 Å². The zero-order valence-corrected chi connectivity index (χ0v) is 24.1. The number of hydrogen-bond acceptors (Lipinski definition) is 5.